The van der Waals surface area contributed by atoms with Crippen LogP contribution in [0.25, 0.3) is 0 Å². The maximum atomic E-state index is 6.03. The summed E-state index contributed by atoms with van der Waals surface area (Å²) < 4.78 is 11.6. The van der Waals surface area contributed by atoms with E-state index in [0.717, 1.165) is 17.9 Å². The summed E-state index contributed by atoms with van der Waals surface area (Å²) in [5.74, 6) is 1.91. The van der Waals surface area contributed by atoms with Crippen LogP contribution in [0.2, 0.25) is 0 Å². The highest BCUT2D eigenvalue weighted by atomic mass is 16.5. The number of nitrogens with two attached hydrogens (primary N) is 1. The summed E-state index contributed by atoms with van der Waals surface area (Å²) in [5, 5.41) is 0. The molecular formula is C21H29NO2. The predicted molar refractivity (Wildman–Crippen MR) is 100 cm³/mol. The maximum absolute atomic E-state index is 6.03. The smallest absolute Gasteiger partial charge is 0.161 e. The average molecular weight is 327 g/mol. The van der Waals surface area contributed by atoms with Gasteiger partial charge in [-0.15, -0.1) is 0 Å². The van der Waals surface area contributed by atoms with Crippen molar-refractivity contribution in [2.45, 2.75) is 46.1 Å². The van der Waals surface area contributed by atoms with Crippen molar-refractivity contribution in [3.8, 4) is 11.5 Å². The third-order valence-corrected chi connectivity index (χ3v) is 3.99. The van der Waals surface area contributed by atoms with E-state index in [1.165, 1.54) is 16.7 Å². The van der Waals surface area contributed by atoms with Crippen LogP contribution in [0.4, 0.5) is 0 Å². The van der Waals surface area contributed by atoms with Gasteiger partial charge < -0.3 is 15.2 Å². The number of hydrogen-bond acceptors (Lipinski definition) is 3. The van der Waals surface area contributed by atoms with Crippen LogP contribution >= 0.6 is 0 Å². The van der Waals surface area contributed by atoms with E-state index in [2.05, 4.69) is 43.3 Å². The monoisotopic (exact) mass is 327 g/mol. The van der Waals surface area contributed by atoms with Crippen LogP contribution in [0.5, 0.6) is 11.5 Å². The molecular weight excluding hydrogens is 298 g/mol. The number of ether oxygens (including phenoxy) is 2. The molecule has 0 aromatic heterocycles. The van der Waals surface area contributed by atoms with Gasteiger partial charge >= 0.3 is 0 Å². The van der Waals surface area contributed by atoms with E-state index in [9.17, 15) is 0 Å². The highest BCUT2D eigenvalue weighted by molar-refractivity contribution is 5.44. The molecule has 0 saturated heterocycles. The number of hydrogen-bond donors (Lipinski definition) is 1. The van der Waals surface area contributed by atoms with Gasteiger partial charge in [0.25, 0.3) is 0 Å². The maximum Gasteiger partial charge on any atom is 0.161 e. The van der Waals surface area contributed by atoms with Crippen molar-refractivity contribution in [3.63, 3.8) is 0 Å². The largest absolute Gasteiger partial charge is 0.490 e. The van der Waals surface area contributed by atoms with Crippen molar-refractivity contribution < 1.29 is 9.47 Å². The lowest BCUT2D eigenvalue weighted by Gasteiger charge is -2.18. The second-order valence-electron chi connectivity index (χ2n) is 6.43. The molecule has 0 aliphatic rings. The van der Waals surface area contributed by atoms with Gasteiger partial charge in [-0.2, -0.15) is 0 Å². The van der Waals surface area contributed by atoms with Crippen molar-refractivity contribution in [2.24, 2.45) is 5.73 Å². The molecule has 0 aliphatic heterocycles. The van der Waals surface area contributed by atoms with Crippen molar-refractivity contribution in [1.29, 1.82) is 0 Å². The molecule has 2 aromatic carbocycles. The molecule has 0 aliphatic carbocycles. The minimum Gasteiger partial charge on any atom is -0.490 e. The first-order chi connectivity index (χ1) is 11.5. The lowest BCUT2D eigenvalue weighted by atomic mass is 9.91. The molecule has 0 fully saturated rings. The Kier molecular flexibility index (Phi) is 6.68. The molecule has 0 spiro atoms. The SMILES string of the molecule is CCOc1cc(CC(CN)c2ccc(C)cc2)ccc1OC(C)C. The van der Waals surface area contributed by atoms with E-state index < -0.39 is 0 Å². The molecule has 0 heterocycles. The summed E-state index contributed by atoms with van der Waals surface area (Å²) in [7, 11) is 0. The minimum atomic E-state index is 0.124. The van der Waals surface area contributed by atoms with Gasteiger partial charge in [0.05, 0.1) is 12.7 Å². The van der Waals surface area contributed by atoms with E-state index in [-0.39, 0.29) is 6.10 Å². The van der Waals surface area contributed by atoms with Crippen LogP contribution in [0.1, 0.15) is 43.4 Å². The van der Waals surface area contributed by atoms with Crippen LogP contribution in [-0.4, -0.2) is 19.3 Å². The van der Waals surface area contributed by atoms with Crippen LogP contribution in [0, 0.1) is 6.92 Å². The Hall–Kier alpha value is -2.00. The lowest BCUT2D eigenvalue weighted by Crippen LogP contribution is -2.15. The summed E-state index contributed by atoms with van der Waals surface area (Å²) in [5.41, 5.74) is 9.79. The Morgan fingerprint density at radius 2 is 1.71 bits per heavy atom. The molecule has 0 saturated carbocycles. The van der Waals surface area contributed by atoms with Gasteiger partial charge in [-0.05, 0) is 63.9 Å². The molecule has 3 heteroatoms. The standard InChI is InChI=1S/C21H29NO2/c1-5-23-21-13-17(8-11-20(21)24-15(2)3)12-19(14-22)18-9-6-16(4)7-10-18/h6-11,13,15,19H,5,12,14,22H2,1-4H3. The van der Waals surface area contributed by atoms with Gasteiger partial charge in [0.1, 0.15) is 0 Å². The van der Waals surface area contributed by atoms with Gasteiger partial charge in [-0.3, -0.25) is 0 Å². The predicted octanol–water partition coefficient (Wildman–Crippen LogP) is 4.47. The first-order valence-corrected chi connectivity index (χ1v) is 8.72. The van der Waals surface area contributed by atoms with Gasteiger partial charge in [0.15, 0.2) is 11.5 Å². The second kappa shape index (κ2) is 8.74. The van der Waals surface area contributed by atoms with Gasteiger partial charge in [-0.1, -0.05) is 35.9 Å². The summed E-state index contributed by atoms with van der Waals surface area (Å²) >= 11 is 0. The van der Waals surface area contributed by atoms with Gasteiger partial charge in [0, 0.05) is 5.92 Å². The molecule has 2 rings (SSSR count). The Morgan fingerprint density at radius 3 is 2.29 bits per heavy atom. The number of benzene rings is 2. The number of aryl methyl sites for hydroxylation is 1. The van der Waals surface area contributed by atoms with Crippen LogP contribution < -0.4 is 15.2 Å². The van der Waals surface area contributed by atoms with Crippen LogP contribution in [0.3, 0.4) is 0 Å². The Bertz CT molecular complexity index is 635. The zero-order chi connectivity index (χ0) is 17.5. The van der Waals surface area contributed by atoms with E-state index in [1.54, 1.807) is 0 Å². The summed E-state index contributed by atoms with van der Waals surface area (Å²) in [6.07, 6.45) is 1.01. The van der Waals surface area contributed by atoms with E-state index in [0.29, 0.717) is 19.1 Å². The average Bonchev–Trinajstić information content (AvgIpc) is 2.55. The number of rotatable bonds is 8. The fourth-order valence-electron chi connectivity index (χ4n) is 2.76. The molecule has 2 N–H and O–H groups in total. The molecule has 1 unspecified atom stereocenters. The fourth-order valence-corrected chi connectivity index (χ4v) is 2.76. The lowest BCUT2D eigenvalue weighted by molar-refractivity contribution is 0.223. The Labute approximate surface area is 145 Å². The zero-order valence-electron chi connectivity index (χ0n) is 15.2. The first kappa shape index (κ1) is 18.3. The normalized spacial score (nSPS) is 12.2. The van der Waals surface area contributed by atoms with Gasteiger partial charge in [0.2, 0.25) is 0 Å². The molecule has 1 atom stereocenters. The molecule has 24 heavy (non-hydrogen) atoms. The summed E-state index contributed by atoms with van der Waals surface area (Å²) in [6.45, 7) is 9.37. The van der Waals surface area contributed by atoms with Crippen LogP contribution in [0.15, 0.2) is 42.5 Å². The van der Waals surface area contributed by atoms with Crippen LogP contribution in [-0.2, 0) is 6.42 Å². The summed E-state index contributed by atoms with van der Waals surface area (Å²) in [6, 6.07) is 14.8. The van der Waals surface area contributed by atoms with Crippen molar-refractivity contribution in [1.82, 2.24) is 0 Å². The first-order valence-electron chi connectivity index (χ1n) is 8.72. The molecule has 0 radical (unpaired) electrons. The topological polar surface area (TPSA) is 44.5 Å². The Balaban J connectivity index is 2.20. The quantitative estimate of drug-likeness (QED) is 0.778. The van der Waals surface area contributed by atoms with E-state index >= 15 is 0 Å². The highest BCUT2D eigenvalue weighted by Gasteiger charge is 2.14. The van der Waals surface area contributed by atoms with Crippen molar-refractivity contribution in [2.75, 3.05) is 13.2 Å². The third-order valence-electron chi connectivity index (χ3n) is 3.99. The van der Waals surface area contributed by atoms with E-state index in [4.69, 9.17) is 15.2 Å². The molecule has 2 aromatic rings. The molecule has 130 valence electrons. The molecule has 0 amide bonds. The zero-order valence-corrected chi connectivity index (χ0v) is 15.2. The third kappa shape index (κ3) is 5.00. The van der Waals surface area contributed by atoms with Gasteiger partial charge in [-0.25, -0.2) is 0 Å². The summed E-state index contributed by atoms with van der Waals surface area (Å²) in [4.78, 5) is 0. The Morgan fingerprint density at radius 1 is 1.00 bits per heavy atom. The van der Waals surface area contributed by atoms with E-state index in [1.807, 2.05) is 26.8 Å². The minimum absolute atomic E-state index is 0.124. The fraction of sp³-hybridized carbons (Fsp3) is 0.429. The van der Waals surface area contributed by atoms with Crippen molar-refractivity contribution in [3.05, 3.63) is 59.2 Å². The second-order valence-corrected chi connectivity index (χ2v) is 6.43. The molecule has 3 nitrogen and oxygen atoms in total. The highest BCUT2D eigenvalue weighted by Crippen LogP contribution is 2.31. The molecule has 0 bridgehead atoms. The van der Waals surface area contributed by atoms with Crippen molar-refractivity contribution >= 4 is 0 Å².